The summed E-state index contributed by atoms with van der Waals surface area (Å²) in [5, 5.41) is 0. The van der Waals surface area contributed by atoms with E-state index in [1.807, 2.05) is 4.57 Å². The maximum Gasteiger partial charge on any atom is 0.360 e. The zero-order chi connectivity index (χ0) is 11.8. The zero-order valence-corrected chi connectivity index (χ0v) is 9.69. The molecular formula is C11H17N3O2. The average Bonchev–Trinajstić information content (AvgIpc) is 2.57. The maximum absolute atomic E-state index is 11.5. The summed E-state index contributed by atoms with van der Waals surface area (Å²) in [6.45, 7) is 4.23. The van der Waals surface area contributed by atoms with Crippen molar-refractivity contribution in [2.75, 3.05) is 12.3 Å². The third kappa shape index (κ3) is 1.56. The van der Waals surface area contributed by atoms with Crippen LogP contribution in [0.5, 0.6) is 0 Å². The molecule has 1 heterocycles. The standard InChI is InChI=1S/C11H17N3O2/c1-3-16-10(15)8-9(12)14(7-13-8)11(2)5-4-6-11/h7H,3-6,12H2,1-2H3. The van der Waals surface area contributed by atoms with Crippen LogP contribution in [-0.4, -0.2) is 22.1 Å². The molecule has 0 spiro atoms. The van der Waals surface area contributed by atoms with E-state index >= 15 is 0 Å². The van der Waals surface area contributed by atoms with Crippen LogP contribution in [0.2, 0.25) is 0 Å². The van der Waals surface area contributed by atoms with Gasteiger partial charge in [0.1, 0.15) is 5.82 Å². The van der Waals surface area contributed by atoms with E-state index in [4.69, 9.17) is 10.5 Å². The Morgan fingerprint density at radius 1 is 1.69 bits per heavy atom. The van der Waals surface area contributed by atoms with Gasteiger partial charge in [-0.2, -0.15) is 0 Å². The largest absolute Gasteiger partial charge is 0.461 e. The number of esters is 1. The molecule has 1 saturated carbocycles. The molecule has 0 atom stereocenters. The summed E-state index contributed by atoms with van der Waals surface area (Å²) >= 11 is 0. The molecule has 5 nitrogen and oxygen atoms in total. The van der Waals surface area contributed by atoms with E-state index < -0.39 is 5.97 Å². The summed E-state index contributed by atoms with van der Waals surface area (Å²) in [6.07, 6.45) is 5.00. The molecule has 0 unspecified atom stereocenters. The van der Waals surface area contributed by atoms with Crippen molar-refractivity contribution in [2.45, 2.75) is 38.6 Å². The second kappa shape index (κ2) is 3.81. The lowest BCUT2D eigenvalue weighted by Crippen LogP contribution is -2.37. The number of nitrogens with zero attached hydrogens (tertiary/aromatic N) is 2. The van der Waals surface area contributed by atoms with Gasteiger partial charge in [0.15, 0.2) is 5.69 Å². The summed E-state index contributed by atoms with van der Waals surface area (Å²) in [4.78, 5) is 15.6. The highest BCUT2D eigenvalue weighted by Crippen LogP contribution is 2.40. The van der Waals surface area contributed by atoms with Gasteiger partial charge in [-0.1, -0.05) is 0 Å². The van der Waals surface area contributed by atoms with Gasteiger partial charge >= 0.3 is 5.97 Å². The fourth-order valence-corrected chi connectivity index (χ4v) is 2.07. The van der Waals surface area contributed by atoms with Gasteiger partial charge in [-0.25, -0.2) is 9.78 Å². The van der Waals surface area contributed by atoms with E-state index in [1.165, 1.54) is 6.42 Å². The third-order valence-corrected chi connectivity index (χ3v) is 3.29. The van der Waals surface area contributed by atoms with Crippen LogP contribution in [0, 0.1) is 0 Å². The van der Waals surface area contributed by atoms with Crippen molar-refractivity contribution < 1.29 is 9.53 Å². The lowest BCUT2D eigenvalue weighted by atomic mass is 9.78. The molecule has 5 heteroatoms. The highest BCUT2D eigenvalue weighted by Gasteiger charge is 2.36. The first-order chi connectivity index (χ1) is 7.58. The number of hydrogen-bond acceptors (Lipinski definition) is 4. The van der Waals surface area contributed by atoms with E-state index in [2.05, 4.69) is 11.9 Å². The van der Waals surface area contributed by atoms with Crippen LogP contribution in [0.25, 0.3) is 0 Å². The highest BCUT2D eigenvalue weighted by molar-refractivity contribution is 5.92. The number of carbonyl (C=O) groups excluding carboxylic acids is 1. The second-order valence-electron chi connectivity index (χ2n) is 4.42. The van der Waals surface area contributed by atoms with Crippen LogP contribution in [0.15, 0.2) is 6.33 Å². The molecule has 1 aromatic heterocycles. The van der Waals surface area contributed by atoms with Gasteiger partial charge in [0.2, 0.25) is 0 Å². The van der Waals surface area contributed by atoms with Crippen LogP contribution in [-0.2, 0) is 10.3 Å². The number of anilines is 1. The number of rotatable bonds is 3. The van der Waals surface area contributed by atoms with Crippen LogP contribution < -0.4 is 5.73 Å². The summed E-state index contributed by atoms with van der Waals surface area (Å²) in [5.41, 5.74) is 6.19. The molecule has 88 valence electrons. The Bertz CT molecular complexity index is 407. The van der Waals surface area contributed by atoms with Crippen molar-refractivity contribution in [3.05, 3.63) is 12.0 Å². The normalized spacial score (nSPS) is 17.9. The molecule has 1 aromatic rings. The lowest BCUT2D eigenvalue weighted by Gasteiger charge is -2.40. The van der Waals surface area contributed by atoms with Gasteiger partial charge in [-0.3, -0.25) is 0 Å². The van der Waals surface area contributed by atoms with Gasteiger partial charge in [0.25, 0.3) is 0 Å². The van der Waals surface area contributed by atoms with E-state index in [-0.39, 0.29) is 11.2 Å². The number of nitrogen functional groups attached to an aromatic ring is 1. The average molecular weight is 223 g/mol. The maximum atomic E-state index is 11.5. The first kappa shape index (κ1) is 11.0. The SMILES string of the molecule is CCOC(=O)c1ncn(C2(C)CCC2)c1N. The van der Waals surface area contributed by atoms with Crippen LogP contribution in [0.3, 0.4) is 0 Å². The number of nitrogens with two attached hydrogens (primary N) is 1. The predicted molar refractivity (Wildman–Crippen MR) is 60.1 cm³/mol. The predicted octanol–water partition coefficient (Wildman–Crippen LogP) is 1.54. The molecular weight excluding hydrogens is 206 g/mol. The van der Waals surface area contributed by atoms with Crippen LogP contribution >= 0.6 is 0 Å². The molecule has 0 saturated heterocycles. The lowest BCUT2D eigenvalue weighted by molar-refractivity contribution is 0.0521. The summed E-state index contributed by atoms with van der Waals surface area (Å²) in [7, 11) is 0. The van der Waals surface area contributed by atoms with Gasteiger partial charge in [-0.05, 0) is 33.1 Å². The van der Waals surface area contributed by atoms with Crippen molar-refractivity contribution in [2.24, 2.45) is 0 Å². The summed E-state index contributed by atoms with van der Waals surface area (Å²) in [6, 6.07) is 0. The molecule has 0 amide bonds. The summed E-state index contributed by atoms with van der Waals surface area (Å²) in [5.74, 6) is -0.0256. The van der Waals surface area contributed by atoms with Gasteiger partial charge < -0.3 is 15.0 Å². The first-order valence-electron chi connectivity index (χ1n) is 5.59. The number of carbonyl (C=O) groups is 1. The molecule has 2 rings (SSSR count). The van der Waals surface area contributed by atoms with E-state index in [9.17, 15) is 4.79 Å². The minimum Gasteiger partial charge on any atom is -0.461 e. The number of aromatic nitrogens is 2. The summed E-state index contributed by atoms with van der Waals surface area (Å²) < 4.78 is 6.78. The Labute approximate surface area is 94.6 Å². The smallest absolute Gasteiger partial charge is 0.360 e. The van der Waals surface area contributed by atoms with Crippen molar-refractivity contribution in [3.8, 4) is 0 Å². The minimum atomic E-state index is -0.443. The zero-order valence-electron chi connectivity index (χ0n) is 9.69. The fourth-order valence-electron chi connectivity index (χ4n) is 2.07. The van der Waals surface area contributed by atoms with Crippen molar-refractivity contribution in [1.29, 1.82) is 0 Å². The minimum absolute atomic E-state index is 0.0296. The molecule has 0 radical (unpaired) electrons. The first-order valence-corrected chi connectivity index (χ1v) is 5.59. The second-order valence-corrected chi connectivity index (χ2v) is 4.42. The Morgan fingerprint density at radius 3 is 2.88 bits per heavy atom. The molecule has 0 aromatic carbocycles. The Hall–Kier alpha value is -1.52. The molecule has 0 bridgehead atoms. The quantitative estimate of drug-likeness (QED) is 0.789. The fraction of sp³-hybridized carbons (Fsp3) is 0.636. The van der Waals surface area contributed by atoms with E-state index in [1.54, 1.807) is 13.3 Å². The highest BCUT2D eigenvalue weighted by atomic mass is 16.5. The molecule has 1 fully saturated rings. The number of hydrogen-bond donors (Lipinski definition) is 1. The van der Waals surface area contributed by atoms with Gasteiger partial charge in [-0.15, -0.1) is 0 Å². The van der Waals surface area contributed by atoms with Crippen molar-refractivity contribution in [3.63, 3.8) is 0 Å². The van der Waals surface area contributed by atoms with Crippen LogP contribution in [0.1, 0.15) is 43.6 Å². The monoisotopic (exact) mass is 223 g/mol. The molecule has 16 heavy (non-hydrogen) atoms. The van der Waals surface area contributed by atoms with Crippen LogP contribution in [0.4, 0.5) is 5.82 Å². The molecule has 0 aliphatic heterocycles. The number of imidazole rings is 1. The van der Waals surface area contributed by atoms with Gasteiger partial charge in [0, 0.05) is 5.54 Å². The third-order valence-electron chi connectivity index (χ3n) is 3.29. The van der Waals surface area contributed by atoms with E-state index in [0.29, 0.717) is 12.4 Å². The Kier molecular flexibility index (Phi) is 2.61. The Balaban J connectivity index is 2.27. The molecule has 2 N–H and O–H groups in total. The molecule has 1 aliphatic rings. The topological polar surface area (TPSA) is 70.1 Å². The van der Waals surface area contributed by atoms with Gasteiger partial charge in [0.05, 0.1) is 12.9 Å². The van der Waals surface area contributed by atoms with E-state index in [0.717, 1.165) is 12.8 Å². The Morgan fingerprint density at radius 2 is 2.38 bits per heavy atom. The van der Waals surface area contributed by atoms with Crippen molar-refractivity contribution >= 4 is 11.8 Å². The molecule has 1 aliphatic carbocycles. The number of ether oxygens (including phenoxy) is 1. The van der Waals surface area contributed by atoms with Crippen molar-refractivity contribution in [1.82, 2.24) is 9.55 Å².